The molecule has 1 heterocycles. The van der Waals surface area contributed by atoms with Crippen molar-refractivity contribution in [3.05, 3.63) is 24.5 Å². The van der Waals surface area contributed by atoms with E-state index in [1.807, 2.05) is 0 Å². The quantitative estimate of drug-likeness (QED) is 0.595. The van der Waals surface area contributed by atoms with Crippen LogP contribution in [0.4, 0.5) is 5.69 Å². The summed E-state index contributed by atoms with van der Waals surface area (Å²) in [5, 5.41) is 11.7. The number of pyridine rings is 1. The van der Waals surface area contributed by atoms with Gasteiger partial charge in [-0.15, -0.1) is 0 Å². The van der Waals surface area contributed by atoms with Gasteiger partial charge < -0.3 is 10.4 Å². The first-order valence-corrected chi connectivity index (χ1v) is 3.13. The summed E-state index contributed by atoms with van der Waals surface area (Å²) < 4.78 is 0. The lowest BCUT2D eigenvalue weighted by Crippen LogP contribution is -2.12. The summed E-state index contributed by atoms with van der Waals surface area (Å²) in [6.45, 7) is 1.67. The van der Waals surface area contributed by atoms with Gasteiger partial charge in [-0.05, 0) is 19.1 Å². The van der Waals surface area contributed by atoms with Gasteiger partial charge in [0.15, 0.2) is 0 Å². The number of aliphatic hydroxyl groups is 1. The molecule has 1 rings (SSSR count). The number of aliphatic hydroxyl groups excluding tert-OH is 1. The Hall–Kier alpha value is -1.09. The number of rotatable bonds is 2. The summed E-state index contributed by atoms with van der Waals surface area (Å²) in [6.07, 6.45) is 2.83. The highest BCUT2D eigenvalue weighted by molar-refractivity contribution is 5.40. The number of hydrogen-bond acceptors (Lipinski definition) is 3. The van der Waals surface area contributed by atoms with Gasteiger partial charge in [0.2, 0.25) is 0 Å². The number of hydrogen-bond donors (Lipinski definition) is 2. The van der Waals surface area contributed by atoms with Crippen molar-refractivity contribution in [1.82, 2.24) is 4.98 Å². The fourth-order valence-electron chi connectivity index (χ4n) is 0.689. The Bertz CT molecular complexity index is 186. The Morgan fingerprint density at radius 2 is 2.10 bits per heavy atom. The van der Waals surface area contributed by atoms with Crippen molar-refractivity contribution in [1.29, 1.82) is 0 Å². The summed E-state index contributed by atoms with van der Waals surface area (Å²) in [4.78, 5) is 3.83. The first-order valence-electron chi connectivity index (χ1n) is 3.13. The fraction of sp³-hybridized carbons (Fsp3) is 0.286. The van der Waals surface area contributed by atoms with E-state index < -0.39 is 6.23 Å². The highest BCUT2D eigenvalue weighted by atomic mass is 16.3. The summed E-state index contributed by atoms with van der Waals surface area (Å²) >= 11 is 0. The second-order valence-corrected chi connectivity index (χ2v) is 2.06. The van der Waals surface area contributed by atoms with Crippen molar-refractivity contribution in [2.45, 2.75) is 13.2 Å². The van der Waals surface area contributed by atoms with Gasteiger partial charge in [-0.1, -0.05) is 0 Å². The van der Waals surface area contributed by atoms with Crippen LogP contribution < -0.4 is 5.32 Å². The fourth-order valence-corrected chi connectivity index (χ4v) is 0.689. The van der Waals surface area contributed by atoms with Gasteiger partial charge in [-0.25, -0.2) is 0 Å². The Morgan fingerprint density at radius 1 is 1.50 bits per heavy atom. The van der Waals surface area contributed by atoms with Crippen LogP contribution in [-0.4, -0.2) is 16.3 Å². The monoisotopic (exact) mass is 138 g/mol. The maximum atomic E-state index is 8.87. The smallest absolute Gasteiger partial charge is 0.121 e. The first kappa shape index (κ1) is 7.02. The highest BCUT2D eigenvalue weighted by Crippen LogP contribution is 2.03. The van der Waals surface area contributed by atoms with Gasteiger partial charge in [0.1, 0.15) is 6.23 Å². The van der Waals surface area contributed by atoms with Crippen LogP contribution in [0.2, 0.25) is 0 Å². The van der Waals surface area contributed by atoms with Gasteiger partial charge in [-0.3, -0.25) is 4.98 Å². The largest absolute Gasteiger partial charge is 0.374 e. The number of nitrogens with one attached hydrogen (secondary N) is 1. The molecular weight excluding hydrogens is 128 g/mol. The molecular formula is C7H10N2O. The Balaban J connectivity index is 2.59. The molecule has 0 aliphatic rings. The van der Waals surface area contributed by atoms with Crippen molar-refractivity contribution in [2.24, 2.45) is 0 Å². The van der Waals surface area contributed by atoms with E-state index in [0.29, 0.717) is 0 Å². The van der Waals surface area contributed by atoms with E-state index in [1.165, 1.54) is 0 Å². The van der Waals surface area contributed by atoms with E-state index in [0.717, 1.165) is 5.69 Å². The van der Waals surface area contributed by atoms with Gasteiger partial charge in [0, 0.05) is 18.1 Å². The zero-order valence-electron chi connectivity index (χ0n) is 5.78. The van der Waals surface area contributed by atoms with Crippen LogP contribution in [0.5, 0.6) is 0 Å². The normalized spacial score (nSPS) is 12.6. The zero-order chi connectivity index (χ0) is 7.40. The van der Waals surface area contributed by atoms with Gasteiger partial charge in [-0.2, -0.15) is 0 Å². The molecule has 3 heteroatoms. The van der Waals surface area contributed by atoms with Crippen molar-refractivity contribution >= 4 is 5.69 Å². The minimum atomic E-state index is -0.512. The molecule has 0 saturated carbocycles. The van der Waals surface area contributed by atoms with Gasteiger partial charge in [0.25, 0.3) is 0 Å². The molecule has 1 aromatic heterocycles. The molecule has 0 radical (unpaired) electrons. The van der Waals surface area contributed by atoms with Crippen LogP contribution in [0.3, 0.4) is 0 Å². The molecule has 54 valence electrons. The highest BCUT2D eigenvalue weighted by Gasteiger charge is 1.92. The van der Waals surface area contributed by atoms with E-state index >= 15 is 0 Å². The van der Waals surface area contributed by atoms with E-state index in [2.05, 4.69) is 10.3 Å². The van der Waals surface area contributed by atoms with Crippen LogP contribution >= 0.6 is 0 Å². The molecule has 0 fully saturated rings. The standard InChI is InChI=1S/C7H10N2O/c1-6(10)9-7-2-4-8-5-3-7/h2-6,10H,1H3,(H,8,9). The third-order valence-corrected chi connectivity index (χ3v) is 1.06. The molecule has 1 atom stereocenters. The van der Waals surface area contributed by atoms with Gasteiger partial charge >= 0.3 is 0 Å². The third kappa shape index (κ3) is 2.03. The summed E-state index contributed by atoms with van der Waals surface area (Å²) in [5.41, 5.74) is 0.880. The molecule has 0 amide bonds. The molecule has 1 unspecified atom stereocenters. The van der Waals surface area contributed by atoms with Crippen LogP contribution in [0.15, 0.2) is 24.5 Å². The number of nitrogens with zero attached hydrogens (tertiary/aromatic N) is 1. The Morgan fingerprint density at radius 3 is 2.60 bits per heavy atom. The average molecular weight is 138 g/mol. The first-order chi connectivity index (χ1) is 4.79. The van der Waals surface area contributed by atoms with E-state index in [-0.39, 0.29) is 0 Å². The minimum Gasteiger partial charge on any atom is -0.374 e. The van der Waals surface area contributed by atoms with Crippen molar-refractivity contribution in [2.75, 3.05) is 5.32 Å². The number of aromatic nitrogens is 1. The van der Waals surface area contributed by atoms with E-state index in [4.69, 9.17) is 5.11 Å². The van der Waals surface area contributed by atoms with E-state index in [9.17, 15) is 0 Å². The molecule has 1 aromatic rings. The zero-order valence-corrected chi connectivity index (χ0v) is 5.78. The van der Waals surface area contributed by atoms with Crippen LogP contribution in [0, 0.1) is 0 Å². The molecule has 2 N–H and O–H groups in total. The average Bonchev–Trinajstić information content (AvgIpc) is 1.88. The summed E-state index contributed by atoms with van der Waals surface area (Å²) in [6, 6.07) is 3.60. The number of anilines is 1. The molecule has 0 aromatic carbocycles. The predicted molar refractivity (Wildman–Crippen MR) is 39.5 cm³/mol. The van der Waals surface area contributed by atoms with Crippen LogP contribution in [0.1, 0.15) is 6.92 Å². The molecule has 0 spiro atoms. The second-order valence-electron chi connectivity index (χ2n) is 2.06. The molecule has 0 saturated heterocycles. The maximum absolute atomic E-state index is 8.87. The van der Waals surface area contributed by atoms with Crippen molar-refractivity contribution < 1.29 is 5.11 Å². The van der Waals surface area contributed by atoms with Crippen molar-refractivity contribution in [3.63, 3.8) is 0 Å². The molecule has 3 nitrogen and oxygen atoms in total. The molecule has 0 aliphatic heterocycles. The van der Waals surface area contributed by atoms with Gasteiger partial charge in [0.05, 0.1) is 0 Å². The van der Waals surface area contributed by atoms with Crippen LogP contribution in [-0.2, 0) is 0 Å². The lowest BCUT2D eigenvalue weighted by Gasteiger charge is -2.06. The summed E-state index contributed by atoms with van der Waals surface area (Å²) in [5.74, 6) is 0. The SMILES string of the molecule is CC(O)Nc1ccncc1. The molecule has 10 heavy (non-hydrogen) atoms. The van der Waals surface area contributed by atoms with Crippen LogP contribution in [0.25, 0.3) is 0 Å². The summed E-state index contributed by atoms with van der Waals surface area (Å²) in [7, 11) is 0. The maximum Gasteiger partial charge on any atom is 0.121 e. The Labute approximate surface area is 59.7 Å². The van der Waals surface area contributed by atoms with E-state index in [1.54, 1.807) is 31.5 Å². The lowest BCUT2D eigenvalue weighted by atomic mass is 10.4. The molecule has 0 aliphatic carbocycles. The topological polar surface area (TPSA) is 45.1 Å². The Kier molecular flexibility index (Phi) is 2.23. The van der Waals surface area contributed by atoms with Crippen molar-refractivity contribution in [3.8, 4) is 0 Å². The second kappa shape index (κ2) is 3.17. The lowest BCUT2D eigenvalue weighted by molar-refractivity contribution is 0.224. The predicted octanol–water partition coefficient (Wildman–Crippen LogP) is 0.832. The minimum absolute atomic E-state index is 0.512. The third-order valence-electron chi connectivity index (χ3n) is 1.06. The molecule has 0 bridgehead atoms.